The van der Waals surface area contributed by atoms with Crippen molar-refractivity contribution in [3.8, 4) is 6.07 Å². The fourth-order valence-corrected chi connectivity index (χ4v) is 5.99. The number of carbonyl (C=O) groups excluding carboxylic acids is 1. The number of hydrogen-bond acceptors (Lipinski definition) is 4. The Hall–Kier alpha value is -2.90. The maximum absolute atomic E-state index is 13.3. The van der Waals surface area contributed by atoms with Crippen molar-refractivity contribution in [2.75, 3.05) is 24.5 Å². The topological polar surface area (TPSA) is 81.5 Å². The number of rotatable bonds is 3. The molecule has 0 aromatic heterocycles. The van der Waals surface area contributed by atoms with Gasteiger partial charge in [0.1, 0.15) is 0 Å². The third-order valence-corrected chi connectivity index (χ3v) is 8.04. The van der Waals surface area contributed by atoms with Crippen molar-refractivity contribution in [1.29, 1.82) is 5.26 Å². The number of nitriles is 1. The van der Waals surface area contributed by atoms with E-state index in [1.54, 1.807) is 0 Å². The fourth-order valence-electron chi connectivity index (χ4n) is 4.42. The van der Waals surface area contributed by atoms with Crippen LogP contribution in [-0.2, 0) is 21.0 Å². The second-order valence-corrected chi connectivity index (χ2v) is 10.0. The number of amides is 1. The van der Waals surface area contributed by atoms with Crippen LogP contribution in [0.4, 0.5) is 18.9 Å². The minimum Gasteiger partial charge on any atom is -0.312 e. The molecule has 0 aliphatic carbocycles. The fraction of sp³-hybridized carbons (Fsp3) is 0.364. The van der Waals surface area contributed by atoms with Gasteiger partial charge in [-0.15, -0.1) is 0 Å². The van der Waals surface area contributed by atoms with E-state index in [9.17, 15) is 26.4 Å². The first-order valence-corrected chi connectivity index (χ1v) is 11.5. The van der Waals surface area contributed by atoms with Crippen LogP contribution >= 0.6 is 0 Å². The highest BCUT2D eigenvalue weighted by Crippen LogP contribution is 2.43. The summed E-state index contributed by atoms with van der Waals surface area (Å²) in [6.45, 7) is 0.609. The summed E-state index contributed by atoms with van der Waals surface area (Å²) in [5.41, 5.74) is -0.982. The van der Waals surface area contributed by atoms with Crippen LogP contribution < -0.4 is 4.90 Å². The molecule has 2 aromatic carbocycles. The van der Waals surface area contributed by atoms with E-state index in [-0.39, 0.29) is 23.9 Å². The smallest absolute Gasteiger partial charge is 0.312 e. The molecule has 32 heavy (non-hydrogen) atoms. The number of nitrogens with zero attached hydrogens (tertiary/aromatic N) is 3. The first-order chi connectivity index (χ1) is 15.1. The Kier molecular flexibility index (Phi) is 5.51. The monoisotopic (exact) mass is 463 g/mol. The van der Waals surface area contributed by atoms with Crippen LogP contribution in [0.5, 0.6) is 0 Å². The maximum Gasteiger partial charge on any atom is 0.416 e. The predicted octanol–water partition coefficient (Wildman–Crippen LogP) is 3.78. The standard InChI is InChI=1S/C22H20F3N3O3S/c23-22(24,25)17-4-6-18(7-5-17)28-13-11-21(20(28)29)10-1-12-27(15-21)32(30,31)19-8-2-16(14-26)3-9-19/h2-9H,1,10-13,15H2. The summed E-state index contributed by atoms with van der Waals surface area (Å²) in [5.74, 6) is -0.267. The zero-order valence-electron chi connectivity index (χ0n) is 17.0. The molecule has 2 aliphatic heterocycles. The van der Waals surface area contributed by atoms with Gasteiger partial charge < -0.3 is 4.90 Å². The molecule has 2 aliphatic rings. The third-order valence-electron chi connectivity index (χ3n) is 6.18. The number of piperidine rings is 1. The number of benzene rings is 2. The molecular formula is C22H20F3N3O3S. The lowest BCUT2D eigenvalue weighted by Crippen LogP contribution is -2.49. The average Bonchev–Trinajstić information content (AvgIpc) is 3.08. The minimum absolute atomic E-state index is 0.0191. The molecule has 2 saturated heterocycles. The molecular weight excluding hydrogens is 443 g/mol. The lowest BCUT2D eigenvalue weighted by molar-refractivity contribution is -0.137. The molecule has 168 valence electrons. The van der Waals surface area contributed by atoms with Crippen molar-refractivity contribution in [2.24, 2.45) is 5.41 Å². The molecule has 0 saturated carbocycles. The number of halogens is 3. The van der Waals surface area contributed by atoms with Crippen LogP contribution in [0.25, 0.3) is 0 Å². The molecule has 1 amide bonds. The normalized spacial score (nSPS) is 22.3. The summed E-state index contributed by atoms with van der Waals surface area (Å²) < 4.78 is 66.1. The summed E-state index contributed by atoms with van der Waals surface area (Å²) in [6.07, 6.45) is -3.02. The predicted molar refractivity (Wildman–Crippen MR) is 110 cm³/mol. The first kappa shape index (κ1) is 22.3. The zero-order valence-corrected chi connectivity index (χ0v) is 17.8. The molecule has 0 bridgehead atoms. The molecule has 1 unspecified atom stereocenters. The third kappa shape index (κ3) is 3.87. The van der Waals surface area contributed by atoms with E-state index in [4.69, 9.17) is 5.26 Å². The number of carbonyl (C=O) groups is 1. The highest BCUT2D eigenvalue weighted by molar-refractivity contribution is 7.89. The van der Waals surface area contributed by atoms with E-state index in [1.165, 1.54) is 45.6 Å². The summed E-state index contributed by atoms with van der Waals surface area (Å²) >= 11 is 0. The van der Waals surface area contributed by atoms with E-state index in [0.717, 1.165) is 12.1 Å². The summed E-state index contributed by atoms with van der Waals surface area (Å²) in [5, 5.41) is 8.91. The van der Waals surface area contributed by atoms with Crippen LogP contribution in [-0.4, -0.2) is 38.3 Å². The van der Waals surface area contributed by atoms with E-state index >= 15 is 0 Å². The Bertz CT molecular complexity index is 1170. The second kappa shape index (κ2) is 7.90. The van der Waals surface area contributed by atoms with Crippen molar-refractivity contribution in [1.82, 2.24) is 4.31 Å². The van der Waals surface area contributed by atoms with E-state index in [2.05, 4.69) is 0 Å². The van der Waals surface area contributed by atoms with Crippen molar-refractivity contribution in [2.45, 2.75) is 30.3 Å². The second-order valence-electron chi connectivity index (χ2n) is 8.11. The molecule has 2 heterocycles. The van der Waals surface area contributed by atoms with Crippen molar-refractivity contribution < 1.29 is 26.4 Å². The van der Waals surface area contributed by atoms with Crippen molar-refractivity contribution in [3.63, 3.8) is 0 Å². The quantitative estimate of drug-likeness (QED) is 0.694. The number of anilines is 1. The summed E-state index contributed by atoms with van der Waals surface area (Å²) in [4.78, 5) is 14.8. The van der Waals surface area contributed by atoms with Gasteiger partial charge in [-0.2, -0.15) is 22.7 Å². The van der Waals surface area contributed by atoms with E-state index in [1.807, 2.05) is 6.07 Å². The average molecular weight is 463 g/mol. The molecule has 1 atom stereocenters. The molecule has 1 spiro atoms. The SMILES string of the molecule is N#Cc1ccc(S(=O)(=O)N2CCCC3(CCN(c4ccc(C(F)(F)F)cc4)C3=O)C2)cc1. The van der Waals surface area contributed by atoms with Crippen molar-refractivity contribution >= 4 is 21.6 Å². The molecule has 2 fully saturated rings. The van der Waals surface area contributed by atoms with Crippen LogP contribution in [0.15, 0.2) is 53.4 Å². The molecule has 10 heteroatoms. The van der Waals surface area contributed by atoms with Gasteiger partial charge in [0.05, 0.1) is 27.5 Å². The number of hydrogen-bond donors (Lipinski definition) is 0. The van der Waals surface area contributed by atoms with Gasteiger partial charge in [0, 0.05) is 25.3 Å². The Balaban J connectivity index is 1.55. The summed E-state index contributed by atoms with van der Waals surface area (Å²) in [6, 6.07) is 12.0. The van der Waals surface area contributed by atoms with E-state index < -0.39 is 27.2 Å². The van der Waals surface area contributed by atoms with Gasteiger partial charge in [-0.25, -0.2) is 8.42 Å². The van der Waals surface area contributed by atoms with Gasteiger partial charge >= 0.3 is 6.18 Å². The number of alkyl halides is 3. The number of sulfonamides is 1. The van der Waals surface area contributed by atoms with Gasteiger partial charge in [0.2, 0.25) is 15.9 Å². The summed E-state index contributed by atoms with van der Waals surface area (Å²) in [7, 11) is -3.85. The molecule has 4 rings (SSSR count). The van der Waals surface area contributed by atoms with Crippen LogP contribution in [0, 0.1) is 16.7 Å². The largest absolute Gasteiger partial charge is 0.416 e. The highest BCUT2D eigenvalue weighted by Gasteiger charge is 2.51. The first-order valence-electron chi connectivity index (χ1n) is 10.1. The van der Waals surface area contributed by atoms with Gasteiger partial charge in [0.25, 0.3) is 0 Å². The Morgan fingerprint density at radius 1 is 0.969 bits per heavy atom. The van der Waals surface area contributed by atoms with Crippen LogP contribution in [0.2, 0.25) is 0 Å². The molecule has 0 radical (unpaired) electrons. The van der Waals surface area contributed by atoms with Gasteiger partial charge in [-0.3, -0.25) is 4.79 Å². The van der Waals surface area contributed by atoms with E-state index in [0.29, 0.717) is 37.1 Å². The van der Waals surface area contributed by atoms with Gasteiger partial charge in [-0.05, 0) is 67.8 Å². The lowest BCUT2D eigenvalue weighted by Gasteiger charge is -2.38. The van der Waals surface area contributed by atoms with Gasteiger partial charge in [0.15, 0.2) is 0 Å². The molecule has 6 nitrogen and oxygen atoms in total. The van der Waals surface area contributed by atoms with Crippen molar-refractivity contribution in [3.05, 3.63) is 59.7 Å². The highest BCUT2D eigenvalue weighted by atomic mass is 32.2. The zero-order chi connectivity index (χ0) is 23.1. The maximum atomic E-state index is 13.3. The Labute approximate surface area is 183 Å². The van der Waals surface area contributed by atoms with Gasteiger partial charge in [-0.1, -0.05) is 0 Å². The van der Waals surface area contributed by atoms with Crippen LogP contribution in [0.1, 0.15) is 30.4 Å². The van der Waals surface area contributed by atoms with Crippen LogP contribution in [0.3, 0.4) is 0 Å². The minimum atomic E-state index is -4.46. The Morgan fingerprint density at radius 2 is 1.62 bits per heavy atom. The molecule has 2 aromatic rings. The Morgan fingerprint density at radius 3 is 2.22 bits per heavy atom. The lowest BCUT2D eigenvalue weighted by atomic mass is 9.79. The molecule has 0 N–H and O–H groups in total.